The highest BCUT2D eigenvalue weighted by atomic mass is 16.5. The molecule has 2 rings (SSSR count). The van der Waals surface area contributed by atoms with Crippen molar-refractivity contribution in [3.05, 3.63) is 65.7 Å². The molecule has 0 aliphatic rings. The second-order valence-corrected chi connectivity index (χ2v) is 8.58. The number of carboxylic acids is 1. The van der Waals surface area contributed by atoms with Gasteiger partial charge in [0, 0.05) is 12.0 Å². The van der Waals surface area contributed by atoms with Crippen molar-refractivity contribution < 1.29 is 29.3 Å². The number of benzene rings is 2. The highest BCUT2D eigenvalue weighted by Gasteiger charge is 2.29. The van der Waals surface area contributed by atoms with Crippen molar-refractivity contribution in [2.45, 2.75) is 57.7 Å². The van der Waals surface area contributed by atoms with Crippen LogP contribution in [0.5, 0.6) is 5.75 Å². The number of rotatable bonds is 13. The highest BCUT2D eigenvalue weighted by Crippen LogP contribution is 2.18. The van der Waals surface area contributed by atoms with Crippen LogP contribution in [0.15, 0.2) is 54.6 Å². The van der Waals surface area contributed by atoms with Crippen LogP contribution in [0.3, 0.4) is 0 Å². The van der Waals surface area contributed by atoms with Crippen LogP contribution in [0.4, 0.5) is 0 Å². The first kappa shape index (κ1) is 26.9. The minimum Gasteiger partial charge on any atom is -0.496 e. The molecule has 0 bridgehead atoms. The second kappa shape index (κ2) is 13.3. The van der Waals surface area contributed by atoms with E-state index in [-0.39, 0.29) is 31.1 Å². The molecule has 2 aromatic carbocycles. The topological polar surface area (TPSA) is 125 Å². The summed E-state index contributed by atoms with van der Waals surface area (Å²) >= 11 is 0. The lowest BCUT2D eigenvalue weighted by atomic mass is 9.96. The van der Waals surface area contributed by atoms with Gasteiger partial charge >= 0.3 is 5.97 Å². The summed E-state index contributed by atoms with van der Waals surface area (Å²) in [5.41, 5.74) is 1.60. The molecule has 0 radical (unpaired) electrons. The van der Waals surface area contributed by atoms with Crippen LogP contribution >= 0.6 is 0 Å². The number of aliphatic hydroxyl groups excluding tert-OH is 1. The molecule has 0 fully saturated rings. The number of carbonyl (C=O) groups is 3. The molecular weight excluding hydrogens is 436 g/mol. The summed E-state index contributed by atoms with van der Waals surface area (Å²) in [5, 5.41) is 25.3. The largest absolute Gasteiger partial charge is 0.496 e. The Bertz CT molecular complexity index is 947. The third-order valence-corrected chi connectivity index (χ3v) is 5.55. The molecule has 3 atom stereocenters. The standard InChI is InChI=1S/C26H34N2O6/c1-17(2)25(28-23(30)16-19-11-7-8-12-22(19)34-3)26(33)27-20(21(29)13-14-24(31)32)15-18-9-5-4-6-10-18/h4-12,17,20-21,25,29H,13-16H2,1-3H3,(H,27,33)(H,28,30)(H,31,32)/t20-,21-,25?/m0/s1. The number of nitrogens with one attached hydrogen (secondary N) is 2. The number of aliphatic hydroxyl groups is 1. The van der Waals surface area contributed by atoms with Crippen molar-refractivity contribution in [3.8, 4) is 5.75 Å². The van der Waals surface area contributed by atoms with Gasteiger partial charge in [-0.2, -0.15) is 0 Å². The van der Waals surface area contributed by atoms with E-state index in [1.807, 2.05) is 56.3 Å². The number of carbonyl (C=O) groups excluding carboxylic acids is 2. The first-order chi connectivity index (χ1) is 16.2. The predicted octanol–water partition coefficient (Wildman–Crippen LogP) is 2.33. The van der Waals surface area contributed by atoms with Crippen LogP contribution in [0.2, 0.25) is 0 Å². The van der Waals surface area contributed by atoms with Gasteiger partial charge in [0.15, 0.2) is 0 Å². The third kappa shape index (κ3) is 8.51. The zero-order valence-corrected chi connectivity index (χ0v) is 19.9. The molecule has 184 valence electrons. The molecule has 34 heavy (non-hydrogen) atoms. The summed E-state index contributed by atoms with van der Waals surface area (Å²) in [5.74, 6) is -1.40. The van der Waals surface area contributed by atoms with Crippen LogP contribution in [0, 0.1) is 5.92 Å². The van der Waals surface area contributed by atoms with Gasteiger partial charge in [0.25, 0.3) is 0 Å². The molecule has 0 heterocycles. The molecule has 8 heteroatoms. The SMILES string of the molecule is COc1ccccc1CC(=O)NC(C(=O)N[C@@H](Cc1ccccc1)[C@@H](O)CCC(=O)O)C(C)C. The summed E-state index contributed by atoms with van der Waals surface area (Å²) in [4.78, 5) is 36.9. The van der Waals surface area contributed by atoms with Crippen LogP contribution < -0.4 is 15.4 Å². The Morgan fingerprint density at radius 1 is 0.971 bits per heavy atom. The molecule has 0 aromatic heterocycles. The van der Waals surface area contributed by atoms with E-state index in [9.17, 15) is 19.5 Å². The lowest BCUT2D eigenvalue weighted by Crippen LogP contribution is -2.55. The smallest absolute Gasteiger partial charge is 0.303 e. The van der Waals surface area contributed by atoms with Crippen molar-refractivity contribution in [1.29, 1.82) is 0 Å². The molecule has 0 aliphatic heterocycles. The third-order valence-electron chi connectivity index (χ3n) is 5.55. The summed E-state index contributed by atoms with van der Waals surface area (Å²) < 4.78 is 5.29. The highest BCUT2D eigenvalue weighted by molar-refractivity contribution is 5.89. The van der Waals surface area contributed by atoms with E-state index in [2.05, 4.69) is 10.6 Å². The van der Waals surface area contributed by atoms with Crippen LogP contribution in [0.1, 0.15) is 37.8 Å². The predicted molar refractivity (Wildman–Crippen MR) is 128 cm³/mol. The molecule has 0 saturated carbocycles. The summed E-state index contributed by atoms with van der Waals surface area (Å²) in [6.45, 7) is 3.64. The van der Waals surface area contributed by atoms with E-state index >= 15 is 0 Å². The molecule has 1 unspecified atom stereocenters. The molecule has 8 nitrogen and oxygen atoms in total. The maximum atomic E-state index is 13.2. The van der Waals surface area contributed by atoms with Crippen molar-refractivity contribution in [3.63, 3.8) is 0 Å². The Morgan fingerprint density at radius 2 is 1.62 bits per heavy atom. The number of hydrogen-bond donors (Lipinski definition) is 4. The van der Waals surface area contributed by atoms with Gasteiger partial charge in [0.1, 0.15) is 11.8 Å². The number of para-hydroxylation sites is 1. The maximum absolute atomic E-state index is 13.2. The van der Waals surface area contributed by atoms with E-state index in [0.717, 1.165) is 5.56 Å². The molecular formula is C26H34N2O6. The van der Waals surface area contributed by atoms with Gasteiger partial charge in [-0.25, -0.2) is 0 Å². The average molecular weight is 471 g/mol. The fraction of sp³-hybridized carbons (Fsp3) is 0.423. The minimum absolute atomic E-state index is 0.000377. The van der Waals surface area contributed by atoms with E-state index in [1.165, 1.54) is 7.11 Å². The van der Waals surface area contributed by atoms with Gasteiger partial charge in [-0.3, -0.25) is 14.4 Å². The zero-order valence-electron chi connectivity index (χ0n) is 19.9. The minimum atomic E-state index is -1.06. The quantitative estimate of drug-likeness (QED) is 0.356. The number of ether oxygens (including phenoxy) is 1. The number of carboxylic acid groups (broad SMARTS) is 1. The van der Waals surface area contributed by atoms with Crippen molar-refractivity contribution in [2.75, 3.05) is 7.11 Å². The number of amides is 2. The zero-order chi connectivity index (χ0) is 25.1. The van der Waals surface area contributed by atoms with E-state index in [1.54, 1.807) is 12.1 Å². The van der Waals surface area contributed by atoms with Crippen LogP contribution in [-0.4, -0.2) is 53.3 Å². The van der Waals surface area contributed by atoms with Gasteiger partial charge in [-0.05, 0) is 30.4 Å². The summed E-state index contributed by atoms with van der Waals surface area (Å²) in [6.07, 6.45) is -0.898. The Balaban J connectivity index is 2.11. The average Bonchev–Trinajstić information content (AvgIpc) is 2.81. The lowest BCUT2D eigenvalue weighted by molar-refractivity contribution is -0.137. The molecule has 0 aliphatic carbocycles. The molecule has 0 saturated heterocycles. The number of methoxy groups -OCH3 is 1. The van der Waals surface area contributed by atoms with Gasteiger partial charge in [0.2, 0.25) is 11.8 Å². The summed E-state index contributed by atoms with van der Waals surface area (Å²) in [7, 11) is 1.53. The number of aliphatic carboxylic acids is 1. The number of hydrogen-bond acceptors (Lipinski definition) is 5. The van der Waals surface area contributed by atoms with Gasteiger partial charge in [0.05, 0.1) is 25.7 Å². The molecule has 0 spiro atoms. The Labute approximate surface area is 200 Å². The Kier molecular flexibility index (Phi) is 10.5. The molecule has 4 N–H and O–H groups in total. The fourth-order valence-corrected chi connectivity index (χ4v) is 3.68. The molecule has 2 amide bonds. The molecule has 2 aromatic rings. The normalized spacial score (nSPS) is 13.6. The van der Waals surface area contributed by atoms with E-state index < -0.39 is 30.1 Å². The van der Waals surface area contributed by atoms with Crippen molar-refractivity contribution in [1.82, 2.24) is 10.6 Å². The first-order valence-electron chi connectivity index (χ1n) is 11.4. The monoisotopic (exact) mass is 470 g/mol. The van der Waals surface area contributed by atoms with Gasteiger partial charge in [-0.1, -0.05) is 62.4 Å². The van der Waals surface area contributed by atoms with E-state index in [0.29, 0.717) is 17.7 Å². The van der Waals surface area contributed by atoms with Gasteiger partial charge in [-0.15, -0.1) is 0 Å². The van der Waals surface area contributed by atoms with Crippen molar-refractivity contribution >= 4 is 17.8 Å². The first-order valence-corrected chi connectivity index (χ1v) is 11.4. The van der Waals surface area contributed by atoms with Crippen LogP contribution in [-0.2, 0) is 27.2 Å². The Morgan fingerprint density at radius 3 is 2.24 bits per heavy atom. The maximum Gasteiger partial charge on any atom is 0.303 e. The Hall–Kier alpha value is -3.39. The second-order valence-electron chi connectivity index (χ2n) is 8.58. The van der Waals surface area contributed by atoms with Crippen molar-refractivity contribution in [2.24, 2.45) is 5.92 Å². The van der Waals surface area contributed by atoms with E-state index in [4.69, 9.17) is 9.84 Å². The van der Waals surface area contributed by atoms with Gasteiger partial charge < -0.3 is 25.6 Å². The summed E-state index contributed by atoms with van der Waals surface area (Å²) in [6, 6.07) is 15.0. The fourth-order valence-electron chi connectivity index (χ4n) is 3.68. The lowest BCUT2D eigenvalue weighted by Gasteiger charge is -2.28. The van der Waals surface area contributed by atoms with Crippen LogP contribution in [0.25, 0.3) is 0 Å².